The normalized spacial score (nSPS) is 11.2. The van der Waals surface area contributed by atoms with Gasteiger partial charge in [-0.05, 0) is 35.9 Å². The van der Waals surface area contributed by atoms with E-state index in [-0.39, 0.29) is 16.7 Å². The van der Waals surface area contributed by atoms with Crippen molar-refractivity contribution in [3.8, 4) is 22.9 Å². The molecule has 0 spiro atoms. The first kappa shape index (κ1) is 24.3. The van der Waals surface area contributed by atoms with Crippen molar-refractivity contribution in [2.24, 2.45) is 0 Å². The van der Waals surface area contributed by atoms with Crippen LogP contribution in [0.1, 0.15) is 5.56 Å². The Morgan fingerprint density at radius 2 is 1.57 bits per heavy atom. The van der Waals surface area contributed by atoms with Gasteiger partial charge in [0.25, 0.3) is 10.0 Å². The summed E-state index contributed by atoms with van der Waals surface area (Å²) >= 11 is 0. The fraction of sp³-hybridized carbons (Fsp3) is 0.154. The summed E-state index contributed by atoms with van der Waals surface area (Å²) in [5.74, 6) is 0.669. The lowest BCUT2D eigenvalue weighted by atomic mass is 10.1. The van der Waals surface area contributed by atoms with Crippen LogP contribution < -0.4 is 9.46 Å². The number of methoxy groups -OCH3 is 1. The molecule has 3 aromatic carbocycles. The molecule has 0 bridgehead atoms. The van der Waals surface area contributed by atoms with Crippen molar-refractivity contribution in [1.29, 1.82) is 0 Å². The lowest BCUT2D eigenvalue weighted by Crippen LogP contribution is -2.15. The first-order valence-corrected chi connectivity index (χ1v) is 12.4. The predicted molar refractivity (Wildman–Crippen MR) is 133 cm³/mol. The van der Waals surface area contributed by atoms with Crippen molar-refractivity contribution in [2.75, 3.05) is 25.0 Å². The summed E-state index contributed by atoms with van der Waals surface area (Å²) in [6.07, 6.45) is 0. The summed E-state index contributed by atoms with van der Waals surface area (Å²) in [5.41, 5.74) is 2.20. The molecule has 180 valence electrons. The van der Waals surface area contributed by atoms with Crippen LogP contribution >= 0.6 is 0 Å². The summed E-state index contributed by atoms with van der Waals surface area (Å²) in [6, 6.07) is 26.5. The number of nitrogens with zero attached hydrogens (tertiary/aromatic N) is 2. The Morgan fingerprint density at radius 3 is 2.31 bits per heavy atom. The quantitative estimate of drug-likeness (QED) is 0.298. The number of ether oxygens (including phenoxy) is 3. The van der Waals surface area contributed by atoms with Gasteiger partial charge in [-0.3, -0.25) is 0 Å². The van der Waals surface area contributed by atoms with Gasteiger partial charge in [0.2, 0.25) is 11.8 Å². The SMILES string of the molecule is COCCOCc1cccc(-c2cc(Oc3ccccc3)nc(NS(=O)(=O)c3ccccc3)n2)c1. The maximum Gasteiger partial charge on any atom is 0.264 e. The minimum atomic E-state index is -3.89. The van der Waals surface area contributed by atoms with Gasteiger partial charge in [-0.1, -0.05) is 54.6 Å². The van der Waals surface area contributed by atoms with E-state index < -0.39 is 10.0 Å². The number of para-hydroxylation sites is 1. The molecule has 0 aliphatic carbocycles. The van der Waals surface area contributed by atoms with Crippen LogP contribution in [-0.2, 0) is 26.1 Å². The van der Waals surface area contributed by atoms with E-state index in [9.17, 15) is 8.42 Å². The number of hydrogen-bond acceptors (Lipinski definition) is 7. The lowest BCUT2D eigenvalue weighted by molar-refractivity contribution is 0.0617. The Bertz CT molecular complexity index is 1350. The van der Waals surface area contributed by atoms with E-state index in [1.807, 2.05) is 42.5 Å². The molecule has 1 N–H and O–H groups in total. The van der Waals surface area contributed by atoms with Gasteiger partial charge in [0, 0.05) is 18.7 Å². The molecule has 0 aliphatic rings. The number of rotatable bonds is 11. The predicted octanol–water partition coefficient (Wildman–Crippen LogP) is 4.90. The highest BCUT2D eigenvalue weighted by molar-refractivity contribution is 7.92. The van der Waals surface area contributed by atoms with E-state index >= 15 is 0 Å². The molecular formula is C26H25N3O5S. The Balaban J connectivity index is 1.67. The molecule has 0 atom stereocenters. The van der Waals surface area contributed by atoms with Gasteiger partial charge < -0.3 is 14.2 Å². The van der Waals surface area contributed by atoms with Gasteiger partial charge in [0.1, 0.15) is 5.75 Å². The first-order chi connectivity index (χ1) is 17.0. The fourth-order valence-electron chi connectivity index (χ4n) is 3.21. The van der Waals surface area contributed by atoms with Crippen LogP contribution in [0, 0.1) is 0 Å². The summed E-state index contributed by atoms with van der Waals surface area (Å²) in [4.78, 5) is 8.87. The zero-order valence-corrected chi connectivity index (χ0v) is 19.9. The first-order valence-electron chi connectivity index (χ1n) is 10.9. The molecule has 0 fully saturated rings. The molecule has 1 heterocycles. The third kappa shape index (κ3) is 6.86. The zero-order valence-electron chi connectivity index (χ0n) is 19.1. The van der Waals surface area contributed by atoms with Gasteiger partial charge in [0.15, 0.2) is 0 Å². The number of sulfonamides is 1. The number of anilines is 1. The molecule has 1 aromatic heterocycles. The highest BCUT2D eigenvalue weighted by Gasteiger charge is 2.17. The summed E-state index contributed by atoms with van der Waals surface area (Å²) in [6.45, 7) is 1.40. The molecule has 0 saturated carbocycles. The topological polar surface area (TPSA) is 99.6 Å². The molecule has 0 saturated heterocycles. The van der Waals surface area contributed by atoms with Crippen molar-refractivity contribution in [3.63, 3.8) is 0 Å². The van der Waals surface area contributed by atoms with Crippen LogP contribution in [0.4, 0.5) is 5.95 Å². The maximum atomic E-state index is 12.9. The van der Waals surface area contributed by atoms with E-state index in [0.29, 0.717) is 31.3 Å². The Morgan fingerprint density at radius 1 is 0.829 bits per heavy atom. The van der Waals surface area contributed by atoms with E-state index in [4.69, 9.17) is 14.2 Å². The minimum absolute atomic E-state index is 0.0981. The monoisotopic (exact) mass is 491 g/mol. The molecule has 4 aromatic rings. The second-order valence-corrected chi connectivity index (χ2v) is 9.18. The third-order valence-electron chi connectivity index (χ3n) is 4.87. The number of hydrogen-bond donors (Lipinski definition) is 1. The van der Waals surface area contributed by atoms with Crippen LogP contribution in [0.2, 0.25) is 0 Å². The number of benzene rings is 3. The van der Waals surface area contributed by atoms with Crippen LogP contribution in [0.3, 0.4) is 0 Å². The van der Waals surface area contributed by atoms with Crippen LogP contribution in [-0.4, -0.2) is 38.7 Å². The van der Waals surface area contributed by atoms with E-state index in [0.717, 1.165) is 11.1 Å². The van der Waals surface area contributed by atoms with Crippen molar-refractivity contribution < 1.29 is 22.6 Å². The summed E-state index contributed by atoms with van der Waals surface area (Å²) in [7, 11) is -2.27. The fourth-order valence-corrected chi connectivity index (χ4v) is 4.18. The third-order valence-corrected chi connectivity index (χ3v) is 6.21. The van der Waals surface area contributed by atoms with Crippen molar-refractivity contribution in [3.05, 3.63) is 96.6 Å². The average Bonchev–Trinajstić information content (AvgIpc) is 2.88. The molecule has 8 nitrogen and oxygen atoms in total. The summed E-state index contributed by atoms with van der Waals surface area (Å²) < 4.78 is 44.8. The lowest BCUT2D eigenvalue weighted by Gasteiger charge is -2.12. The Kier molecular flexibility index (Phi) is 8.04. The second-order valence-electron chi connectivity index (χ2n) is 7.49. The van der Waals surface area contributed by atoms with Gasteiger partial charge in [0.05, 0.1) is 30.4 Å². The largest absolute Gasteiger partial charge is 0.439 e. The van der Waals surface area contributed by atoms with Crippen molar-refractivity contribution in [1.82, 2.24) is 9.97 Å². The molecule has 4 rings (SSSR count). The van der Waals surface area contributed by atoms with Gasteiger partial charge in [-0.25, -0.2) is 18.1 Å². The van der Waals surface area contributed by atoms with Crippen molar-refractivity contribution >= 4 is 16.0 Å². The van der Waals surface area contributed by atoms with E-state index in [2.05, 4.69) is 14.7 Å². The van der Waals surface area contributed by atoms with Gasteiger partial charge in [-0.15, -0.1) is 0 Å². The second kappa shape index (κ2) is 11.6. The Labute approximate surface area is 204 Å². The Hall–Kier alpha value is -3.79. The average molecular weight is 492 g/mol. The highest BCUT2D eigenvalue weighted by atomic mass is 32.2. The standard InChI is InChI=1S/C26H25N3O5S/c1-32-15-16-33-19-20-9-8-10-21(17-20)24-18-25(34-22-11-4-2-5-12-22)28-26(27-24)29-35(30,31)23-13-6-3-7-14-23/h2-14,17-18H,15-16,19H2,1H3,(H,27,28,29). The molecule has 0 radical (unpaired) electrons. The molecule has 0 unspecified atom stereocenters. The molecule has 0 amide bonds. The van der Waals surface area contributed by atoms with E-state index in [1.165, 1.54) is 12.1 Å². The molecule has 0 aliphatic heterocycles. The number of aromatic nitrogens is 2. The van der Waals surface area contributed by atoms with Crippen molar-refractivity contribution in [2.45, 2.75) is 11.5 Å². The van der Waals surface area contributed by atoms with Gasteiger partial charge >= 0.3 is 0 Å². The number of nitrogens with one attached hydrogen (secondary N) is 1. The van der Waals surface area contributed by atoms with Crippen LogP contribution in [0.5, 0.6) is 11.6 Å². The zero-order chi connectivity index (χ0) is 24.5. The van der Waals surface area contributed by atoms with E-state index in [1.54, 1.807) is 43.5 Å². The van der Waals surface area contributed by atoms with Crippen LogP contribution in [0.25, 0.3) is 11.3 Å². The molecule has 35 heavy (non-hydrogen) atoms. The summed E-state index contributed by atoms with van der Waals surface area (Å²) in [5, 5.41) is 0. The highest BCUT2D eigenvalue weighted by Crippen LogP contribution is 2.27. The molecular weight excluding hydrogens is 466 g/mol. The smallest absolute Gasteiger partial charge is 0.264 e. The minimum Gasteiger partial charge on any atom is -0.439 e. The van der Waals surface area contributed by atoms with Gasteiger partial charge in [-0.2, -0.15) is 4.98 Å². The maximum absolute atomic E-state index is 12.9. The molecule has 9 heteroatoms. The van der Waals surface area contributed by atoms with Crippen LogP contribution in [0.15, 0.2) is 95.9 Å².